The molecule has 0 aromatic heterocycles. The fourth-order valence-corrected chi connectivity index (χ4v) is 1.46. The highest BCUT2D eigenvalue weighted by atomic mass is 16.5. The van der Waals surface area contributed by atoms with Crippen molar-refractivity contribution in [2.75, 3.05) is 46.4 Å². The SMILES string of the molecule is CCCN(C)C(=O)COCCN(CC)CC. The summed E-state index contributed by atoms with van der Waals surface area (Å²) in [6, 6.07) is 0. The van der Waals surface area contributed by atoms with Crippen molar-refractivity contribution in [3.63, 3.8) is 0 Å². The molecule has 0 atom stereocenters. The molecule has 0 aliphatic heterocycles. The second-order valence-electron chi connectivity index (χ2n) is 3.89. The van der Waals surface area contributed by atoms with Crippen LogP contribution in [0.25, 0.3) is 0 Å². The number of ether oxygens (including phenoxy) is 1. The first-order valence-corrected chi connectivity index (χ1v) is 6.19. The zero-order valence-corrected chi connectivity index (χ0v) is 11.2. The molecular formula is C12H26N2O2. The van der Waals surface area contributed by atoms with Gasteiger partial charge in [-0.25, -0.2) is 0 Å². The van der Waals surface area contributed by atoms with E-state index in [2.05, 4.69) is 25.7 Å². The summed E-state index contributed by atoms with van der Waals surface area (Å²) < 4.78 is 5.36. The van der Waals surface area contributed by atoms with Crippen molar-refractivity contribution in [3.05, 3.63) is 0 Å². The lowest BCUT2D eigenvalue weighted by molar-refractivity contribution is -0.134. The van der Waals surface area contributed by atoms with E-state index in [1.807, 2.05) is 7.05 Å². The lowest BCUT2D eigenvalue weighted by Crippen LogP contribution is -2.32. The van der Waals surface area contributed by atoms with Gasteiger partial charge in [-0.1, -0.05) is 20.8 Å². The third-order valence-electron chi connectivity index (χ3n) is 2.66. The van der Waals surface area contributed by atoms with Crippen LogP contribution in [0.5, 0.6) is 0 Å². The van der Waals surface area contributed by atoms with Crippen LogP contribution in [0.2, 0.25) is 0 Å². The molecule has 0 aliphatic rings. The van der Waals surface area contributed by atoms with E-state index in [1.54, 1.807) is 4.90 Å². The van der Waals surface area contributed by atoms with Crippen LogP contribution in [0.3, 0.4) is 0 Å². The Morgan fingerprint density at radius 2 is 1.75 bits per heavy atom. The lowest BCUT2D eigenvalue weighted by Gasteiger charge is -2.19. The van der Waals surface area contributed by atoms with E-state index >= 15 is 0 Å². The Bertz CT molecular complexity index is 182. The summed E-state index contributed by atoms with van der Waals surface area (Å²) in [4.78, 5) is 15.5. The topological polar surface area (TPSA) is 32.8 Å². The van der Waals surface area contributed by atoms with Gasteiger partial charge in [0.05, 0.1) is 6.61 Å². The summed E-state index contributed by atoms with van der Waals surface area (Å²) in [6.45, 7) is 10.9. The van der Waals surface area contributed by atoms with Crippen molar-refractivity contribution in [2.45, 2.75) is 27.2 Å². The van der Waals surface area contributed by atoms with Crippen LogP contribution in [0.15, 0.2) is 0 Å². The summed E-state index contributed by atoms with van der Waals surface area (Å²) >= 11 is 0. The van der Waals surface area contributed by atoms with E-state index in [-0.39, 0.29) is 12.5 Å². The molecule has 96 valence electrons. The van der Waals surface area contributed by atoms with E-state index in [4.69, 9.17) is 4.74 Å². The van der Waals surface area contributed by atoms with Crippen molar-refractivity contribution in [2.24, 2.45) is 0 Å². The molecule has 0 heterocycles. The maximum Gasteiger partial charge on any atom is 0.248 e. The quantitative estimate of drug-likeness (QED) is 0.558. The van der Waals surface area contributed by atoms with Crippen LogP contribution in [-0.4, -0.2) is 62.1 Å². The molecule has 4 heteroatoms. The highest BCUT2D eigenvalue weighted by molar-refractivity contribution is 5.77. The van der Waals surface area contributed by atoms with Crippen molar-refractivity contribution < 1.29 is 9.53 Å². The fraction of sp³-hybridized carbons (Fsp3) is 0.917. The van der Waals surface area contributed by atoms with Gasteiger partial charge in [-0.2, -0.15) is 0 Å². The summed E-state index contributed by atoms with van der Waals surface area (Å²) in [5.41, 5.74) is 0. The number of hydrogen-bond acceptors (Lipinski definition) is 3. The van der Waals surface area contributed by atoms with Gasteiger partial charge in [0.15, 0.2) is 0 Å². The number of rotatable bonds is 9. The summed E-state index contributed by atoms with van der Waals surface area (Å²) in [5, 5.41) is 0. The zero-order chi connectivity index (χ0) is 12.4. The molecular weight excluding hydrogens is 204 g/mol. The average molecular weight is 230 g/mol. The zero-order valence-electron chi connectivity index (χ0n) is 11.2. The molecule has 0 bridgehead atoms. The molecule has 16 heavy (non-hydrogen) atoms. The van der Waals surface area contributed by atoms with E-state index in [1.165, 1.54) is 0 Å². The van der Waals surface area contributed by atoms with Crippen molar-refractivity contribution in [1.29, 1.82) is 0 Å². The maximum atomic E-state index is 11.5. The molecule has 0 spiro atoms. The lowest BCUT2D eigenvalue weighted by atomic mass is 10.4. The van der Waals surface area contributed by atoms with Gasteiger partial charge in [0.1, 0.15) is 6.61 Å². The molecule has 0 fully saturated rings. The van der Waals surface area contributed by atoms with Gasteiger partial charge < -0.3 is 14.5 Å². The molecule has 0 N–H and O–H groups in total. The molecule has 0 aromatic carbocycles. The Labute approximate surface area is 99.5 Å². The Morgan fingerprint density at radius 1 is 1.12 bits per heavy atom. The predicted octanol–water partition coefficient (Wildman–Crippen LogP) is 1.21. The third kappa shape index (κ3) is 6.80. The number of amides is 1. The van der Waals surface area contributed by atoms with Gasteiger partial charge in [-0.15, -0.1) is 0 Å². The Hall–Kier alpha value is -0.610. The van der Waals surface area contributed by atoms with Crippen LogP contribution in [0.4, 0.5) is 0 Å². The first-order valence-electron chi connectivity index (χ1n) is 6.19. The standard InChI is InChI=1S/C12H26N2O2/c1-5-8-13(4)12(15)11-16-10-9-14(6-2)7-3/h5-11H2,1-4H3. The molecule has 0 rings (SSSR count). The molecule has 0 unspecified atom stereocenters. The van der Waals surface area contributed by atoms with Gasteiger partial charge in [0.25, 0.3) is 0 Å². The Balaban J connectivity index is 3.54. The predicted molar refractivity (Wildman–Crippen MR) is 66.5 cm³/mol. The van der Waals surface area contributed by atoms with Crippen LogP contribution >= 0.6 is 0 Å². The fourth-order valence-electron chi connectivity index (χ4n) is 1.46. The number of hydrogen-bond donors (Lipinski definition) is 0. The highest BCUT2D eigenvalue weighted by Crippen LogP contribution is 1.91. The number of nitrogens with zero attached hydrogens (tertiary/aromatic N) is 2. The van der Waals surface area contributed by atoms with Gasteiger partial charge >= 0.3 is 0 Å². The summed E-state index contributed by atoms with van der Waals surface area (Å²) in [5.74, 6) is 0.0707. The van der Waals surface area contributed by atoms with Crippen LogP contribution in [0.1, 0.15) is 27.2 Å². The van der Waals surface area contributed by atoms with Crippen LogP contribution in [-0.2, 0) is 9.53 Å². The van der Waals surface area contributed by atoms with Gasteiger partial charge in [-0.3, -0.25) is 4.79 Å². The molecule has 0 aliphatic carbocycles. The van der Waals surface area contributed by atoms with Gasteiger partial charge in [0, 0.05) is 20.1 Å². The first kappa shape index (κ1) is 15.4. The van der Waals surface area contributed by atoms with Gasteiger partial charge in [-0.05, 0) is 19.5 Å². The van der Waals surface area contributed by atoms with Gasteiger partial charge in [0.2, 0.25) is 5.91 Å². The minimum Gasteiger partial charge on any atom is -0.370 e. The smallest absolute Gasteiger partial charge is 0.248 e. The molecule has 0 saturated carbocycles. The third-order valence-corrected chi connectivity index (χ3v) is 2.66. The average Bonchev–Trinajstić information content (AvgIpc) is 2.29. The highest BCUT2D eigenvalue weighted by Gasteiger charge is 2.07. The molecule has 1 amide bonds. The second-order valence-corrected chi connectivity index (χ2v) is 3.89. The molecule has 4 nitrogen and oxygen atoms in total. The summed E-state index contributed by atoms with van der Waals surface area (Å²) in [7, 11) is 1.82. The van der Waals surface area contributed by atoms with E-state index in [0.717, 1.165) is 32.6 Å². The van der Waals surface area contributed by atoms with Crippen LogP contribution in [0, 0.1) is 0 Å². The second kappa shape index (κ2) is 9.60. The van der Waals surface area contributed by atoms with Crippen LogP contribution < -0.4 is 0 Å². The number of carbonyl (C=O) groups is 1. The van der Waals surface area contributed by atoms with E-state index in [0.29, 0.717) is 6.61 Å². The van der Waals surface area contributed by atoms with E-state index < -0.39 is 0 Å². The van der Waals surface area contributed by atoms with Crippen molar-refractivity contribution >= 4 is 5.91 Å². The number of carbonyl (C=O) groups excluding carboxylic acids is 1. The first-order chi connectivity index (χ1) is 7.65. The van der Waals surface area contributed by atoms with Crippen molar-refractivity contribution in [3.8, 4) is 0 Å². The monoisotopic (exact) mass is 230 g/mol. The maximum absolute atomic E-state index is 11.5. The largest absolute Gasteiger partial charge is 0.370 e. The minimum absolute atomic E-state index is 0.0707. The Morgan fingerprint density at radius 3 is 2.25 bits per heavy atom. The van der Waals surface area contributed by atoms with Crippen molar-refractivity contribution in [1.82, 2.24) is 9.80 Å². The number of likely N-dealkylation sites (N-methyl/N-ethyl adjacent to an activating group) is 2. The minimum atomic E-state index is 0.0707. The molecule has 0 radical (unpaired) electrons. The Kier molecular flexibility index (Phi) is 9.24. The summed E-state index contributed by atoms with van der Waals surface area (Å²) in [6.07, 6.45) is 0.988. The van der Waals surface area contributed by atoms with E-state index in [9.17, 15) is 4.79 Å². The molecule has 0 aromatic rings. The molecule has 0 saturated heterocycles. The normalized spacial score (nSPS) is 10.8.